The fourth-order valence-corrected chi connectivity index (χ4v) is 1.66. The molecule has 0 aromatic heterocycles. The second-order valence-corrected chi connectivity index (χ2v) is 4.20. The molecule has 1 rings (SSSR count). The molecule has 6 nitrogen and oxygen atoms in total. The Hall–Kier alpha value is -1.63. The van der Waals surface area contributed by atoms with Crippen molar-refractivity contribution in [3.8, 4) is 0 Å². The Labute approximate surface area is 119 Å². The minimum atomic E-state index is -0.309. The smallest absolute Gasteiger partial charge is 0.317 e. The van der Waals surface area contributed by atoms with Gasteiger partial charge in [-0.2, -0.15) is 0 Å². The van der Waals surface area contributed by atoms with Gasteiger partial charge in [0.05, 0.1) is 26.4 Å². The minimum absolute atomic E-state index is 0.127. The van der Waals surface area contributed by atoms with Gasteiger partial charge in [-0.1, -0.05) is 30.3 Å². The van der Waals surface area contributed by atoms with Crippen LogP contribution in [0.2, 0.25) is 0 Å². The van der Waals surface area contributed by atoms with E-state index in [-0.39, 0.29) is 32.3 Å². The van der Waals surface area contributed by atoms with E-state index in [0.717, 1.165) is 5.56 Å². The van der Waals surface area contributed by atoms with Crippen molar-refractivity contribution < 1.29 is 19.7 Å². The first-order chi connectivity index (χ1) is 9.77. The minimum Gasteiger partial charge on any atom is -0.395 e. The van der Waals surface area contributed by atoms with Gasteiger partial charge >= 0.3 is 6.03 Å². The highest BCUT2D eigenvalue weighted by Gasteiger charge is 2.10. The van der Waals surface area contributed by atoms with Crippen LogP contribution in [0.3, 0.4) is 0 Å². The Kier molecular flexibility index (Phi) is 8.37. The van der Waals surface area contributed by atoms with Gasteiger partial charge in [0.25, 0.3) is 0 Å². The lowest BCUT2D eigenvalue weighted by Gasteiger charge is -2.21. The van der Waals surface area contributed by atoms with E-state index in [4.69, 9.17) is 14.9 Å². The summed E-state index contributed by atoms with van der Waals surface area (Å²) in [6, 6.07) is 9.48. The summed E-state index contributed by atoms with van der Waals surface area (Å²) in [5.41, 5.74) is 1.08. The van der Waals surface area contributed by atoms with E-state index in [1.165, 1.54) is 4.90 Å². The molecule has 0 spiro atoms. The van der Waals surface area contributed by atoms with E-state index in [2.05, 4.69) is 5.32 Å². The van der Waals surface area contributed by atoms with E-state index in [1.54, 1.807) is 0 Å². The molecule has 0 radical (unpaired) electrons. The molecule has 0 aliphatic rings. The highest BCUT2D eigenvalue weighted by Crippen LogP contribution is 1.99. The second-order valence-electron chi connectivity index (χ2n) is 4.20. The Bertz CT molecular complexity index is 367. The van der Waals surface area contributed by atoms with Crippen molar-refractivity contribution in [2.45, 2.75) is 6.61 Å². The maximum atomic E-state index is 11.7. The quantitative estimate of drug-likeness (QED) is 0.565. The lowest BCUT2D eigenvalue weighted by atomic mass is 10.2. The summed E-state index contributed by atoms with van der Waals surface area (Å²) in [5, 5.41) is 20.3. The number of hydrogen-bond donors (Lipinski definition) is 3. The van der Waals surface area contributed by atoms with E-state index in [9.17, 15) is 4.79 Å². The van der Waals surface area contributed by atoms with E-state index >= 15 is 0 Å². The second kappa shape index (κ2) is 10.2. The zero-order valence-electron chi connectivity index (χ0n) is 11.5. The van der Waals surface area contributed by atoms with E-state index in [1.807, 2.05) is 30.3 Å². The summed E-state index contributed by atoms with van der Waals surface area (Å²) >= 11 is 0. The molecule has 0 atom stereocenters. The molecule has 1 aromatic rings. The molecule has 20 heavy (non-hydrogen) atoms. The van der Waals surface area contributed by atoms with Crippen molar-refractivity contribution in [1.29, 1.82) is 0 Å². The van der Waals surface area contributed by atoms with Gasteiger partial charge in [0, 0.05) is 19.6 Å². The summed E-state index contributed by atoms with van der Waals surface area (Å²) < 4.78 is 5.44. The highest BCUT2D eigenvalue weighted by atomic mass is 16.5. The number of hydrogen-bond acceptors (Lipinski definition) is 4. The Morgan fingerprint density at radius 3 is 2.40 bits per heavy atom. The van der Waals surface area contributed by atoms with Gasteiger partial charge < -0.3 is 25.2 Å². The van der Waals surface area contributed by atoms with Crippen LogP contribution in [0, 0.1) is 0 Å². The molecule has 3 N–H and O–H groups in total. The Morgan fingerprint density at radius 1 is 1.15 bits per heavy atom. The zero-order chi connectivity index (χ0) is 14.6. The largest absolute Gasteiger partial charge is 0.395 e. The predicted molar refractivity (Wildman–Crippen MR) is 75.2 cm³/mol. The van der Waals surface area contributed by atoms with Gasteiger partial charge in [0.15, 0.2) is 0 Å². The molecular weight excluding hydrogens is 260 g/mol. The normalized spacial score (nSPS) is 10.3. The van der Waals surface area contributed by atoms with Crippen LogP contribution in [0.5, 0.6) is 0 Å². The predicted octanol–water partition coefficient (Wildman–Crippen LogP) is 0.199. The van der Waals surface area contributed by atoms with Crippen molar-refractivity contribution in [3.63, 3.8) is 0 Å². The average Bonchev–Trinajstić information content (AvgIpc) is 2.47. The van der Waals surface area contributed by atoms with Crippen molar-refractivity contribution in [2.24, 2.45) is 0 Å². The van der Waals surface area contributed by atoms with Crippen LogP contribution >= 0.6 is 0 Å². The molecule has 6 heteroatoms. The molecule has 112 valence electrons. The van der Waals surface area contributed by atoms with Crippen LogP contribution in [-0.2, 0) is 11.3 Å². The molecule has 0 heterocycles. The number of carbonyl (C=O) groups excluding carboxylic acids is 1. The molecule has 1 aromatic carbocycles. The molecule has 0 saturated carbocycles. The zero-order valence-corrected chi connectivity index (χ0v) is 11.5. The third-order valence-corrected chi connectivity index (χ3v) is 2.66. The van der Waals surface area contributed by atoms with Crippen LogP contribution in [0.1, 0.15) is 5.56 Å². The van der Waals surface area contributed by atoms with Gasteiger partial charge in [0.2, 0.25) is 0 Å². The molecule has 0 unspecified atom stereocenters. The summed E-state index contributed by atoms with van der Waals surface area (Å²) in [4.78, 5) is 13.1. The van der Waals surface area contributed by atoms with Crippen LogP contribution < -0.4 is 5.32 Å². The summed E-state index contributed by atoms with van der Waals surface area (Å²) in [6.07, 6.45) is 0. The maximum absolute atomic E-state index is 11.7. The van der Waals surface area contributed by atoms with Crippen LogP contribution in [0.25, 0.3) is 0 Å². The highest BCUT2D eigenvalue weighted by molar-refractivity contribution is 5.74. The Balaban J connectivity index is 2.14. The third kappa shape index (κ3) is 6.51. The van der Waals surface area contributed by atoms with Gasteiger partial charge in [0.1, 0.15) is 0 Å². The fourth-order valence-electron chi connectivity index (χ4n) is 1.66. The van der Waals surface area contributed by atoms with Crippen molar-refractivity contribution in [2.75, 3.05) is 39.5 Å². The molecule has 0 aliphatic heterocycles. The first-order valence-corrected chi connectivity index (χ1v) is 6.64. The molecule has 0 fully saturated rings. The van der Waals surface area contributed by atoms with Crippen LogP contribution in [-0.4, -0.2) is 60.6 Å². The van der Waals surface area contributed by atoms with Gasteiger partial charge in [-0.3, -0.25) is 0 Å². The lowest BCUT2D eigenvalue weighted by molar-refractivity contribution is 0.119. The number of carbonyl (C=O) groups is 1. The number of amides is 2. The number of ether oxygens (including phenoxy) is 1. The summed E-state index contributed by atoms with van der Waals surface area (Å²) in [6.45, 7) is 1.46. The van der Waals surface area contributed by atoms with Crippen LogP contribution in [0.15, 0.2) is 30.3 Å². The van der Waals surface area contributed by atoms with Crippen LogP contribution in [0.4, 0.5) is 4.79 Å². The summed E-state index contributed by atoms with van der Waals surface area (Å²) in [5.74, 6) is 0. The third-order valence-electron chi connectivity index (χ3n) is 2.66. The number of aliphatic hydroxyl groups is 2. The average molecular weight is 282 g/mol. The Morgan fingerprint density at radius 2 is 1.80 bits per heavy atom. The maximum Gasteiger partial charge on any atom is 0.317 e. The first-order valence-electron chi connectivity index (χ1n) is 6.64. The van der Waals surface area contributed by atoms with Crippen molar-refractivity contribution in [1.82, 2.24) is 10.2 Å². The number of rotatable bonds is 9. The van der Waals surface area contributed by atoms with Gasteiger partial charge in [-0.15, -0.1) is 0 Å². The van der Waals surface area contributed by atoms with Crippen molar-refractivity contribution >= 4 is 6.03 Å². The molecule has 0 saturated heterocycles. The molecular formula is C14H22N2O4. The number of nitrogens with one attached hydrogen (secondary N) is 1. The number of nitrogens with zero attached hydrogens (tertiary/aromatic N) is 1. The van der Waals surface area contributed by atoms with E-state index in [0.29, 0.717) is 19.8 Å². The number of urea groups is 1. The van der Waals surface area contributed by atoms with E-state index < -0.39 is 0 Å². The summed E-state index contributed by atoms with van der Waals surface area (Å²) in [7, 11) is 0. The van der Waals surface area contributed by atoms with Crippen molar-refractivity contribution in [3.05, 3.63) is 35.9 Å². The van der Waals surface area contributed by atoms with Gasteiger partial charge in [-0.05, 0) is 5.56 Å². The lowest BCUT2D eigenvalue weighted by Crippen LogP contribution is -2.43. The fraction of sp³-hybridized carbons (Fsp3) is 0.500. The first kappa shape index (κ1) is 16.4. The standard InChI is InChI=1S/C14H22N2O4/c17-9-7-16(8-10-18)14(19)15-6-11-20-12-13-4-2-1-3-5-13/h1-5,17-18H,6-12H2,(H,15,19). The van der Waals surface area contributed by atoms with Gasteiger partial charge in [-0.25, -0.2) is 4.79 Å². The number of aliphatic hydroxyl groups excluding tert-OH is 2. The monoisotopic (exact) mass is 282 g/mol. The molecule has 0 aliphatic carbocycles. The number of benzene rings is 1. The molecule has 2 amide bonds. The SMILES string of the molecule is O=C(NCCOCc1ccccc1)N(CCO)CCO. The molecule has 0 bridgehead atoms. The topological polar surface area (TPSA) is 82.0 Å².